The number of nitrogens with one attached hydrogen (secondary N) is 1. The Kier molecular flexibility index (Phi) is 3.85. The molecule has 74 valence electrons. The molecule has 0 atom stereocenters. The smallest absolute Gasteiger partial charge is 0.217 e. The number of amides is 1. The van der Waals surface area contributed by atoms with Crippen LogP contribution in [0.1, 0.15) is 18.1 Å². The van der Waals surface area contributed by atoms with Crippen LogP contribution in [-0.4, -0.2) is 17.4 Å². The third kappa shape index (κ3) is 3.85. The van der Waals surface area contributed by atoms with Gasteiger partial charge in [-0.15, -0.1) is 0 Å². The third-order valence-electron chi connectivity index (χ3n) is 1.68. The Morgan fingerprint density at radius 1 is 1.57 bits per heavy atom. The molecule has 0 saturated carbocycles. The van der Waals surface area contributed by atoms with E-state index in [9.17, 15) is 4.79 Å². The van der Waals surface area contributed by atoms with Crippen molar-refractivity contribution in [1.29, 1.82) is 0 Å². The Morgan fingerprint density at radius 3 is 3.00 bits per heavy atom. The number of aromatic nitrogens is 1. The molecule has 1 amide bonds. The molecular formula is C11H14N2O. The lowest BCUT2D eigenvalue weighted by Crippen LogP contribution is -2.19. The van der Waals surface area contributed by atoms with E-state index in [0.29, 0.717) is 6.54 Å². The first-order valence-corrected chi connectivity index (χ1v) is 4.51. The van der Waals surface area contributed by atoms with Crippen molar-refractivity contribution in [3.63, 3.8) is 0 Å². The molecule has 0 aromatic carbocycles. The summed E-state index contributed by atoms with van der Waals surface area (Å²) in [5.41, 5.74) is 2.18. The third-order valence-corrected chi connectivity index (χ3v) is 1.68. The van der Waals surface area contributed by atoms with E-state index in [-0.39, 0.29) is 5.91 Å². The molecule has 0 aliphatic rings. The summed E-state index contributed by atoms with van der Waals surface area (Å²) in [7, 11) is 0. The molecule has 1 rings (SSSR count). The zero-order valence-electron chi connectivity index (χ0n) is 8.45. The number of carbonyl (C=O) groups excluding carboxylic acids is 1. The van der Waals surface area contributed by atoms with Crippen molar-refractivity contribution >= 4 is 12.0 Å². The van der Waals surface area contributed by atoms with Gasteiger partial charge in [-0.3, -0.25) is 9.78 Å². The Morgan fingerprint density at radius 2 is 2.36 bits per heavy atom. The van der Waals surface area contributed by atoms with E-state index in [1.165, 1.54) is 6.92 Å². The molecule has 1 heterocycles. The van der Waals surface area contributed by atoms with Crippen molar-refractivity contribution < 1.29 is 4.79 Å². The van der Waals surface area contributed by atoms with Gasteiger partial charge in [0, 0.05) is 25.9 Å². The number of pyridine rings is 1. The summed E-state index contributed by atoms with van der Waals surface area (Å²) in [4.78, 5) is 14.6. The molecular weight excluding hydrogens is 176 g/mol. The van der Waals surface area contributed by atoms with Gasteiger partial charge in [-0.2, -0.15) is 0 Å². The van der Waals surface area contributed by atoms with Crippen LogP contribution in [0.4, 0.5) is 0 Å². The van der Waals surface area contributed by atoms with Crippen LogP contribution < -0.4 is 5.32 Å². The Labute approximate surface area is 83.9 Å². The molecule has 0 saturated heterocycles. The zero-order chi connectivity index (χ0) is 10.4. The van der Waals surface area contributed by atoms with Crippen LogP contribution in [0.25, 0.3) is 6.08 Å². The maximum Gasteiger partial charge on any atom is 0.217 e. The Bertz CT molecular complexity index is 345. The predicted octanol–water partition coefficient (Wildman–Crippen LogP) is 1.54. The molecule has 0 aliphatic carbocycles. The fraction of sp³-hybridized carbons (Fsp3) is 0.273. The monoisotopic (exact) mass is 190 g/mol. The van der Waals surface area contributed by atoms with Gasteiger partial charge in [0.05, 0.1) is 0 Å². The molecule has 0 radical (unpaired) electrons. The van der Waals surface area contributed by atoms with Crippen LogP contribution in [0.5, 0.6) is 0 Å². The molecule has 1 N–H and O–H groups in total. The number of hydrogen-bond acceptors (Lipinski definition) is 2. The number of carbonyl (C=O) groups is 1. The largest absolute Gasteiger partial charge is 0.353 e. The summed E-state index contributed by atoms with van der Waals surface area (Å²) < 4.78 is 0. The molecule has 3 heteroatoms. The van der Waals surface area contributed by atoms with Crippen LogP contribution in [0.15, 0.2) is 24.5 Å². The summed E-state index contributed by atoms with van der Waals surface area (Å²) in [6.45, 7) is 4.06. The van der Waals surface area contributed by atoms with Crippen molar-refractivity contribution in [2.45, 2.75) is 13.8 Å². The number of aryl methyl sites for hydroxylation is 1. The van der Waals surface area contributed by atoms with Crippen molar-refractivity contribution in [3.8, 4) is 0 Å². The highest BCUT2D eigenvalue weighted by molar-refractivity contribution is 5.73. The fourth-order valence-electron chi connectivity index (χ4n) is 1.07. The van der Waals surface area contributed by atoms with E-state index in [1.807, 2.05) is 31.3 Å². The standard InChI is InChI=1S/C11H14N2O/c1-9-6-11(8-12-7-9)4-3-5-13-10(2)14/h3-4,6-8H,5H2,1-2H3,(H,13,14). The van der Waals surface area contributed by atoms with E-state index >= 15 is 0 Å². The first-order valence-electron chi connectivity index (χ1n) is 4.51. The van der Waals surface area contributed by atoms with Gasteiger partial charge >= 0.3 is 0 Å². The van der Waals surface area contributed by atoms with Crippen LogP contribution in [-0.2, 0) is 4.79 Å². The van der Waals surface area contributed by atoms with Gasteiger partial charge in [0.15, 0.2) is 0 Å². The van der Waals surface area contributed by atoms with Gasteiger partial charge in [-0.1, -0.05) is 12.2 Å². The normalized spacial score (nSPS) is 10.4. The highest BCUT2D eigenvalue weighted by Gasteiger charge is 1.88. The van der Waals surface area contributed by atoms with Crippen molar-refractivity contribution in [2.75, 3.05) is 6.54 Å². The average Bonchev–Trinajstić information content (AvgIpc) is 2.12. The number of rotatable bonds is 3. The lowest BCUT2D eigenvalue weighted by Gasteiger charge is -1.96. The van der Waals surface area contributed by atoms with Gasteiger partial charge in [-0.05, 0) is 24.1 Å². The van der Waals surface area contributed by atoms with Gasteiger partial charge < -0.3 is 5.32 Å². The first kappa shape index (κ1) is 10.4. The molecule has 1 aromatic heterocycles. The molecule has 0 spiro atoms. The number of hydrogen-bond donors (Lipinski definition) is 1. The van der Waals surface area contributed by atoms with E-state index in [1.54, 1.807) is 6.20 Å². The highest BCUT2D eigenvalue weighted by Crippen LogP contribution is 2.02. The second kappa shape index (κ2) is 5.17. The quantitative estimate of drug-likeness (QED) is 0.785. The minimum absolute atomic E-state index is 0.0167. The Hall–Kier alpha value is -1.64. The minimum Gasteiger partial charge on any atom is -0.353 e. The summed E-state index contributed by atoms with van der Waals surface area (Å²) >= 11 is 0. The van der Waals surface area contributed by atoms with Crippen LogP contribution in [0.2, 0.25) is 0 Å². The second-order valence-corrected chi connectivity index (χ2v) is 3.14. The lowest BCUT2D eigenvalue weighted by atomic mass is 10.2. The fourth-order valence-corrected chi connectivity index (χ4v) is 1.07. The number of nitrogens with zero attached hydrogens (tertiary/aromatic N) is 1. The molecule has 3 nitrogen and oxygen atoms in total. The summed E-state index contributed by atoms with van der Waals surface area (Å²) in [5.74, 6) is -0.0167. The van der Waals surface area contributed by atoms with Gasteiger partial charge in [0.2, 0.25) is 5.91 Å². The van der Waals surface area contributed by atoms with E-state index in [0.717, 1.165) is 11.1 Å². The maximum absolute atomic E-state index is 10.6. The summed E-state index contributed by atoms with van der Waals surface area (Å²) in [6, 6.07) is 2.04. The van der Waals surface area contributed by atoms with E-state index in [2.05, 4.69) is 10.3 Å². The van der Waals surface area contributed by atoms with E-state index < -0.39 is 0 Å². The summed E-state index contributed by atoms with van der Waals surface area (Å²) in [5, 5.41) is 2.68. The van der Waals surface area contributed by atoms with Crippen LogP contribution >= 0.6 is 0 Å². The zero-order valence-corrected chi connectivity index (χ0v) is 8.45. The highest BCUT2D eigenvalue weighted by atomic mass is 16.1. The average molecular weight is 190 g/mol. The van der Waals surface area contributed by atoms with Gasteiger partial charge in [0.25, 0.3) is 0 Å². The SMILES string of the molecule is CC(=O)NCC=Cc1cncc(C)c1. The molecule has 0 unspecified atom stereocenters. The van der Waals surface area contributed by atoms with Gasteiger partial charge in [-0.25, -0.2) is 0 Å². The topological polar surface area (TPSA) is 42.0 Å². The maximum atomic E-state index is 10.6. The molecule has 14 heavy (non-hydrogen) atoms. The molecule has 0 bridgehead atoms. The molecule has 1 aromatic rings. The molecule has 0 aliphatic heterocycles. The van der Waals surface area contributed by atoms with Crippen molar-refractivity contribution in [1.82, 2.24) is 10.3 Å². The van der Waals surface area contributed by atoms with Crippen LogP contribution in [0.3, 0.4) is 0 Å². The Balaban J connectivity index is 2.47. The molecule has 0 fully saturated rings. The summed E-state index contributed by atoms with van der Waals surface area (Å²) in [6.07, 6.45) is 7.44. The second-order valence-electron chi connectivity index (χ2n) is 3.14. The predicted molar refractivity (Wildman–Crippen MR) is 56.7 cm³/mol. The van der Waals surface area contributed by atoms with Crippen molar-refractivity contribution in [3.05, 3.63) is 35.7 Å². The van der Waals surface area contributed by atoms with Crippen molar-refractivity contribution in [2.24, 2.45) is 0 Å². The lowest BCUT2D eigenvalue weighted by molar-refractivity contribution is -0.118. The van der Waals surface area contributed by atoms with E-state index in [4.69, 9.17) is 0 Å². The van der Waals surface area contributed by atoms with Crippen LogP contribution in [0, 0.1) is 6.92 Å². The van der Waals surface area contributed by atoms with Gasteiger partial charge in [0.1, 0.15) is 0 Å². The first-order chi connectivity index (χ1) is 6.68. The minimum atomic E-state index is -0.0167.